The number of nitrogens with zero attached hydrogens (tertiary/aromatic N) is 4. The molecule has 0 unspecified atom stereocenters. The van der Waals surface area contributed by atoms with Gasteiger partial charge in [0.25, 0.3) is 6.43 Å². The van der Waals surface area contributed by atoms with E-state index in [9.17, 15) is 8.78 Å². The minimum Gasteiger partial charge on any atom is -0.287 e. The third-order valence-electron chi connectivity index (χ3n) is 4.81. The average molecular weight is 374 g/mol. The van der Waals surface area contributed by atoms with Crippen LogP contribution in [0.4, 0.5) is 8.78 Å². The van der Waals surface area contributed by atoms with Crippen LogP contribution in [0.1, 0.15) is 42.4 Å². The smallest absolute Gasteiger partial charge is 0.281 e. The van der Waals surface area contributed by atoms with Gasteiger partial charge in [0.15, 0.2) is 0 Å². The summed E-state index contributed by atoms with van der Waals surface area (Å²) in [4.78, 5) is 8.95. The Bertz CT molecular complexity index is 1160. The highest BCUT2D eigenvalue weighted by Gasteiger charge is 2.31. The van der Waals surface area contributed by atoms with Crippen LogP contribution in [0.3, 0.4) is 0 Å². The number of alkyl halides is 2. The Balaban J connectivity index is 1.86. The molecule has 1 aromatic carbocycles. The van der Waals surface area contributed by atoms with Crippen molar-refractivity contribution in [1.82, 2.24) is 24.6 Å². The third-order valence-corrected chi connectivity index (χ3v) is 5.11. The second kappa shape index (κ2) is 5.48. The van der Waals surface area contributed by atoms with E-state index in [1.807, 2.05) is 19.1 Å². The minimum atomic E-state index is -2.63. The van der Waals surface area contributed by atoms with Gasteiger partial charge in [-0.1, -0.05) is 11.6 Å². The Kier molecular flexibility index (Phi) is 3.31. The molecule has 1 aliphatic rings. The fourth-order valence-corrected chi connectivity index (χ4v) is 3.68. The number of H-pyrrole nitrogens is 1. The summed E-state index contributed by atoms with van der Waals surface area (Å²) in [5, 5.41) is 8.27. The zero-order valence-corrected chi connectivity index (χ0v) is 14.6. The first kappa shape index (κ1) is 15.7. The predicted octanol–water partition coefficient (Wildman–Crippen LogP) is 5.05. The molecule has 8 heteroatoms. The molecule has 0 aliphatic heterocycles. The monoisotopic (exact) mass is 373 g/mol. The van der Waals surface area contributed by atoms with Crippen molar-refractivity contribution in [2.24, 2.45) is 0 Å². The van der Waals surface area contributed by atoms with Gasteiger partial charge >= 0.3 is 0 Å². The zero-order chi connectivity index (χ0) is 18.0. The van der Waals surface area contributed by atoms with Crippen molar-refractivity contribution in [3.63, 3.8) is 0 Å². The largest absolute Gasteiger partial charge is 0.287 e. The fourth-order valence-electron chi connectivity index (χ4n) is 3.41. The van der Waals surface area contributed by atoms with Gasteiger partial charge in [-0.25, -0.2) is 18.7 Å². The first-order chi connectivity index (χ1) is 12.5. The van der Waals surface area contributed by atoms with E-state index < -0.39 is 6.43 Å². The molecule has 1 fully saturated rings. The number of aromatic amines is 1. The second-order valence-corrected chi connectivity index (χ2v) is 7.05. The number of nitrogens with one attached hydrogen (secondary N) is 1. The molecule has 4 aromatic rings. The molecule has 1 aliphatic carbocycles. The van der Waals surface area contributed by atoms with Crippen molar-refractivity contribution < 1.29 is 8.78 Å². The number of benzene rings is 1. The summed E-state index contributed by atoms with van der Waals surface area (Å²) in [6, 6.07) is 3.76. The SMILES string of the molecule is Cc1nc(C2CC2)c(-c2cc(Cl)c3[nH]ncc3c2)c2nc(C(F)F)cn12. The number of hydrogen-bond acceptors (Lipinski definition) is 3. The van der Waals surface area contributed by atoms with Crippen molar-refractivity contribution in [3.05, 3.63) is 46.8 Å². The van der Waals surface area contributed by atoms with Crippen molar-refractivity contribution in [3.8, 4) is 11.1 Å². The van der Waals surface area contributed by atoms with Gasteiger partial charge in [0.1, 0.15) is 17.2 Å². The molecular formula is C18H14ClF2N5. The van der Waals surface area contributed by atoms with E-state index in [4.69, 9.17) is 16.6 Å². The molecule has 3 heterocycles. The van der Waals surface area contributed by atoms with Gasteiger partial charge in [0.2, 0.25) is 0 Å². The molecule has 0 saturated heterocycles. The van der Waals surface area contributed by atoms with E-state index in [0.717, 1.165) is 40.6 Å². The molecular weight excluding hydrogens is 360 g/mol. The van der Waals surface area contributed by atoms with Crippen LogP contribution in [0.2, 0.25) is 5.02 Å². The maximum absolute atomic E-state index is 13.2. The molecule has 0 atom stereocenters. The van der Waals surface area contributed by atoms with Crippen molar-refractivity contribution in [2.45, 2.75) is 32.1 Å². The van der Waals surface area contributed by atoms with Gasteiger partial charge < -0.3 is 0 Å². The van der Waals surface area contributed by atoms with E-state index >= 15 is 0 Å². The molecule has 0 spiro atoms. The van der Waals surface area contributed by atoms with E-state index in [2.05, 4.69) is 15.2 Å². The molecule has 0 radical (unpaired) electrons. The summed E-state index contributed by atoms with van der Waals surface area (Å²) in [6.45, 7) is 1.81. The van der Waals surface area contributed by atoms with Crippen LogP contribution in [0, 0.1) is 6.92 Å². The lowest BCUT2D eigenvalue weighted by atomic mass is 10.0. The van der Waals surface area contributed by atoms with E-state index in [1.165, 1.54) is 6.20 Å². The van der Waals surface area contributed by atoms with Gasteiger partial charge in [-0.05, 0) is 37.5 Å². The van der Waals surface area contributed by atoms with Gasteiger partial charge in [0, 0.05) is 23.1 Å². The van der Waals surface area contributed by atoms with Crippen LogP contribution in [-0.2, 0) is 0 Å². The normalized spacial score (nSPS) is 14.8. The molecule has 3 aromatic heterocycles. The number of halogens is 3. The molecule has 5 rings (SSSR count). The van der Waals surface area contributed by atoms with Crippen LogP contribution in [0.25, 0.3) is 27.7 Å². The lowest BCUT2D eigenvalue weighted by Gasteiger charge is -2.13. The molecule has 1 saturated carbocycles. The number of fused-ring (bicyclic) bond motifs is 2. The third kappa shape index (κ3) is 2.30. The topological polar surface area (TPSA) is 58.9 Å². The molecule has 26 heavy (non-hydrogen) atoms. The van der Waals surface area contributed by atoms with Gasteiger partial charge in [-0.3, -0.25) is 9.50 Å². The van der Waals surface area contributed by atoms with Gasteiger partial charge in [-0.15, -0.1) is 0 Å². The average Bonchev–Trinajstić information content (AvgIpc) is 3.15. The lowest BCUT2D eigenvalue weighted by molar-refractivity contribution is 0.147. The maximum Gasteiger partial charge on any atom is 0.281 e. The van der Waals surface area contributed by atoms with Crippen molar-refractivity contribution in [2.75, 3.05) is 0 Å². The molecule has 0 amide bonds. The Morgan fingerprint density at radius 1 is 1.27 bits per heavy atom. The Morgan fingerprint density at radius 3 is 2.81 bits per heavy atom. The summed E-state index contributed by atoms with van der Waals surface area (Å²) in [5.41, 5.74) is 3.48. The first-order valence-corrected chi connectivity index (χ1v) is 8.71. The molecule has 132 valence electrons. The highest BCUT2D eigenvalue weighted by Crippen LogP contribution is 2.45. The number of imidazole rings is 1. The Hall–Kier alpha value is -2.54. The van der Waals surface area contributed by atoms with Crippen LogP contribution in [0.5, 0.6) is 0 Å². The molecule has 1 N–H and O–H groups in total. The summed E-state index contributed by atoms with van der Waals surface area (Å²) >= 11 is 6.40. The standard InChI is InChI=1S/C18H14ClF2N5/c1-8-23-16(9-2-3-9)14(18-24-13(17(20)21)7-26(8)18)10-4-11-6-22-25-15(11)12(19)5-10/h4-7,9,17H,2-3H2,1H3,(H,22,25). The summed E-state index contributed by atoms with van der Waals surface area (Å²) in [7, 11) is 0. The number of aryl methyl sites for hydroxylation is 1. The van der Waals surface area contributed by atoms with Crippen LogP contribution >= 0.6 is 11.6 Å². The van der Waals surface area contributed by atoms with Crippen LogP contribution in [-0.4, -0.2) is 24.6 Å². The second-order valence-electron chi connectivity index (χ2n) is 6.65. The van der Waals surface area contributed by atoms with E-state index in [-0.39, 0.29) is 5.69 Å². The zero-order valence-electron chi connectivity index (χ0n) is 13.8. The highest BCUT2D eigenvalue weighted by atomic mass is 35.5. The maximum atomic E-state index is 13.2. The van der Waals surface area contributed by atoms with Gasteiger partial charge in [0.05, 0.1) is 22.4 Å². The highest BCUT2D eigenvalue weighted by molar-refractivity contribution is 6.35. The lowest BCUT2D eigenvalue weighted by Crippen LogP contribution is -2.03. The number of hydrogen-bond donors (Lipinski definition) is 1. The van der Waals surface area contributed by atoms with Crippen LogP contribution in [0.15, 0.2) is 24.5 Å². The summed E-state index contributed by atoms with van der Waals surface area (Å²) < 4.78 is 28.1. The Morgan fingerprint density at radius 2 is 2.08 bits per heavy atom. The summed E-state index contributed by atoms with van der Waals surface area (Å²) in [6.07, 6.45) is 2.50. The predicted molar refractivity (Wildman–Crippen MR) is 94.8 cm³/mol. The number of rotatable bonds is 3. The van der Waals surface area contributed by atoms with E-state index in [0.29, 0.717) is 22.4 Å². The van der Waals surface area contributed by atoms with Crippen molar-refractivity contribution in [1.29, 1.82) is 0 Å². The van der Waals surface area contributed by atoms with Crippen molar-refractivity contribution >= 4 is 28.2 Å². The molecule has 0 bridgehead atoms. The van der Waals surface area contributed by atoms with E-state index in [1.54, 1.807) is 10.6 Å². The number of aromatic nitrogens is 5. The quantitative estimate of drug-likeness (QED) is 0.546. The first-order valence-electron chi connectivity index (χ1n) is 8.33. The van der Waals surface area contributed by atoms with Crippen LogP contribution < -0.4 is 0 Å². The minimum absolute atomic E-state index is 0.250. The Labute approximate surface area is 152 Å². The fraction of sp³-hybridized carbons (Fsp3) is 0.278. The van der Waals surface area contributed by atoms with Gasteiger partial charge in [-0.2, -0.15) is 5.10 Å². The summed E-state index contributed by atoms with van der Waals surface area (Å²) in [5.74, 6) is 0.986. The molecule has 5 nitrogen and oxygen atoms in total.